The van der Waals surface area contributed by atoms with Crippen LogP contribution in [0.15, 0.2) is 0 Å². The molecule has 0 aromatic carbocycles. The average Bonchev–Trinajstić information content (AvgIpc) is 2.26. The first kappa shape index (κ1) is 13.4. The number of hydrogen-bond acceptors (Lipinski definition) is 4. The molecule has 1 aliphatic heterocycles. The van der Waals surface area contributed by atoms with Crippen molar-refractivity contribution in [2.24, 2.45) is 0 Å². The minimum Gasteiger partial charge on any atom is -0.481 e. The van der Waals surface area contributed by atoms with Gasteiger partial charge in [0, 0.05) is 13.2 Å². The van der Waals surface area contributed by atoms with Gasteiger partial charge in [-0.25, -0.2) is 13.1 Å². The van der Waals surface area contributed by atoms with Gasteiger partial charge in [-0.1, -0.05) is 0 Å². The maximum Gasteiger partial charge on any atom is 0.304 e. The number of rotatable bonds is 6. The third-order valence-corrected chi connectivity index (χ3v) is 3.74. The fourth-order valence-electron chi connectivity index (χ4n) is 1.48. The van der Waals surface area contributed by atoms with Gasteiger partial charge in [0.05, 0.1) is 18.3 Å². The topological polar surface area (TPSA) is 92.7 Å². The molecular weight excluding hydrogens is 234 g/mol. The second-order valence-corrected chi connectivity index (χ2v) is 5.73. The van der Waals surface area contributed by atoms with Crippen LogP contribution in [0.5, 0.6) is 0 Å². The standard InChI is InChI=1S/C9H17NO5S/c11-9(12)4-6-16(13,14)10-7-8-3-1-2-5-15-8/h8,10H,1-7H2,(H,11,12). The van der Waals surface area contributed by atoms with Crippen LogP contribution in [0.4, 0.5) is 0 Å². The highest BCUT2D eigenvalue weighted by Crippen LogP contribution is 2.11. The van der Waals surface area contributed by atoms with Gasteiger partial charge in [-0.2, -0.15) is 0 Å². The van der Waals surface area contributed by atoms with Crippen molar-refractivity contribution in [2.75, 3.05) is 18.9 Å². The first-order valence-electron chi connectivity index (χ1n) is 5.30. The van der Waals surface area contributed by atoms with E-state index in [1.807, 2.05) is 0 Å². The summed E-state index contributed by atoms with van der Waals surface area (Å²) in [6.45, 7) is 0.906. The monoisotopic (exact) mass is 251 g/mol. The van der Waals surface area contributed by atoms with E-state index in [0.717, 1.165) is 19.3 Å². The molecule has 0 amide bonds. The van der Waals surface area contributed by atoms with E-state index in [9.17, 15) is 13.2 Å². The summed E-state index contributed by atoms with van der Waals surface area (Å²) in [6.07, 6.45) is 2.46. The highest BCUT2D eigenvalue weighted by Gasteiger charge is 2.18. The number of nitrogens with one attached hydrogen (secondary N) is 1. The van der Waals surface area contributed by atoms with Crippen LogP contribution in [-0.4, -0.2) is 44.5 Å². The summed E-state index contributed by atoms with van der Waals surface area (Å²) in [4.78, 5) is 10.2. The number of carboxylic acids is 1. The van der Waals surface area contributed by atoms with Crippen molar-refractivity contribution in [1.82, 2.24) is 4.72 Å². The van der Waals surface area contributed by atoms with E-state index in [2.05, 4.69) is 4.72 Å². The zero-order valence-electron chi connectivity index (χ0n) is 9.02. The molecule has 6 nitrogen and oxygen atoms in total. The van der Waals surface area contributed by atoms with Crippen molar-refractivity contribution >= 4 is 16.0 Å². The molecule has 94 valence electrons. The second-order valence-electron chi connectivity index (χ2n) is 3.80. The molecule has 1 heterocycles. The lowest BCUT2D eigenvalue weighted by Crippen LogP contribution is -2.36. The van der Waals surface area contributed by atoms with E-state index >= 15 is 0 Å². The molecule has 0 aromatic heterocycles. The van der Waals surface area contributed by atoms with Gasteiger partial charge in [0.15, 0.2) is 0 Å². The molecule has 0 saturated carbocycles. The minimum absolute atomic E-state index is 0.0756. The van der Waals surface area contributed by atoms with Gasteiger partial charge in [-0.3, -0.25) is 4.79 Å². The number of carboxylic acid groups (broad SMARTS) is 1. The Morgan fingerprint density at radius 3 is 2.75 bits per heavy atom. The Balaban J connectivity index is 2.26. The van der Waals surface area contributed by atoms with E-state index in [1.54, 1.807) is 0 Å². The lowest BCUT2D eigenvalue weighted by Gasteiger charge is -2.22. The number of hydrogen-bond donors (Lipinski definition) is 2. The van der Waals surface area contributed by atoms with E-state index < -0.39 is 16.0 Å². The average molecular weight is 251 g/mol. The molecule has 0 bridgehead atoms. The molecule has 2 N–H and O–H groups in total. The Bertz CT molecular complexity index is 321. The lowest BCUT2D eigenvalue weighted by molar-refractivity contribution is -0.136. The van der Waals surface area contributed by atoms with Gasteiger partial charge >= 0.3 is 5.97 Å². The van der Waals surface area contributed by atoms with Crippen LogP contribution < -0.4 is 4.72 Å². The van der Waals surface area contributed by atoms with Crippen molar-refractivity contribution in [3.05, 3.63) is 0 Å². The van der Waals surface area contributed by atoms with Crippen LogP contribution in [0.3, 0.4) is 0 Å². The second kappa shape index (κ2) is 6.17. The van der Waals surface area contributed by atoms with Crippen LogP contribution in [0.25, 0.3) is 0 Å². The molecule has 0 radical (unpaired) electrons. The first-order chi connectivity index (χ1) is 7.49. The molecule has 1 fully saturated rings. The number of sulfonamides is 1. The molecule has 0 aliphatic carbocycles. The zero-order valence-corrected chi connectivity index (χ0v) is 9.83. The van der Waals surface area contributed by atoms with E-state index in [-0.39, 0.29) is 24.8 Å². The van der Waals surface area contributed by atoms with Crippen molar-refractivity contribution < 1.29 is 23.1 Å². The minimum atomic E-state index is -3.49. The normalized spacial score (nSPS) is 21.9. The highest BCUT2D eigenvalue weighted by molar-refractivity contribution is 7.89. The molecule has 16 heavy (non-hydrogen) atoms. The summed E-state index contributed by atoms with van der Waals surface area (Å²) in [5.74, 6) is -1.49. The SMILES string of the molecule is O=C(O)CCS(=O)(=O)NCC1CCCCO1. The van der Waals surface area contributed by atoms with Gasteiger partial charge in [0.2, 0.25) is 10.0 Å². The Kier molecular flexibility index (Phi) is 5.17. The fourth-order valence-corrected chi connectivity index (χ4v) is 2.51. The Labute approximate surface area is 95.0 Å². The van der Waals surface area contributed by atoms with Gasteiger partial charge < -0.3 is 9.84 Å². The van der Waals surface area contributed by atoms with Crippen LogP contribution in [0.1, 0.15) is 25.7 Å². The van der Waals surface area contributed by atoms with E-state index in [1.165, 1.54) is 0 Å². The smallest absolute Gasteiger partial charge is 0.304 e. The van der Waals surface area contributed by atoms with Gasteiger partial charge in [0.1, 0.15) is 0 Å². The number of ether oxygens (including phenoxy) is 1. The first-order valence-corrected chi connectivity index (χ1v) is 6.95. The van der Waals surface area contributed by atoms with Gasteiger partial charge in [0.25, 0.3) is 0 Å². The Morgan fingerprint density at radius 2 is 2.19 bits per heavy atom. The molecule has 1 atom stereocenters. The van der Waals surface area contributed by atoms with Gasteiger partial charge in [-0.15, -0.1) is 0 Å². The summed E-state index contributed by atoms with van der Waals surface area (Å²) in [5.41, 5.74) is 0. The van der Waals surface area contributed by atoms with Crippen LogP contribution in [-0.2, 0) is 19.6 Å². The van der Waals surface area contributed by atoms with Crippen molar-refractivity contribution in [1.29, 1.82) is 0 Å². The summed E-state index contributed by atoms with van der Waals surface area (Å²) in [7, 11) is -3.49. The molecule has 1 aliphatic rings. The van der Waals surface area contributed by atoms with Crippen LogP contribution in [0.2, 0.25) is 0 Å². The van der Waals surface area contributed by atoms with Crippen molar-refractivity contribution in [3.63, 3.8) is 0 Å². The largest absolute Gasteiger partial charge is 0.481 e. The Hall–Kier alpha value is -0.660. The molecule has 1 rings (SSSR count). The van der Waals surface area contributed by atoms with Crippen molar-refractivity contribution in [2.45, 2.75) is 31.8 Å². The molecule has 7 heteroatoms. The van der Waals surface area contributed by atoms with Crippen LogP contribution in [0, 0.1) is 0 Å². The molecular formula is C9H17NO5S. The predicted octanol–water partition coefficient (Wildman–Crippen LogP) is -0.0504. The molecule has 0 aromatic rings. The summed E-state index contributed by atoms with van der Waals surface area (Å²) in [5, 5.41) is 8.38. The third kappa shape index (κ3) is 5.43. The number of carbonyl (C=O) groups is 1. The van der Waals surface area contributed by atoms with E-state index in [4.69, 9.17) is 9.84 Å². The quantitative estimate of drug-likeness (QED) is 0.690. The molecule has 1 saturated heterocycles. The summed E-state index contributed by atoms with van der Waals surface area (Å²) < 4.78 is 30.4. The maximum atomic E-state index is 11.3. The van der Waals surface area contributed by atoms with Crippen LogP contribution >= 0.6 is 0 Å². The third-order valence-electron chi connectivity index (χ3n) is 2.39. The van der Waals surface area contributed by atoms with E-state index in [0.29, 0.717) is 6.61 Å². The number of aliphatic carboxylic acids is 1. The highest BCUT2D eigenvalue weighted by atomic mass is 32.2. The van der Waals surface area contributed by atoms with Gasteiger partial charge in [-0.05, 0) is 19.3 Å². The Morgan fingerprint density at radius 1 is 1.44 bits per heavy atom. The maximum absolute atomic E-state index is 11.3. The zero-order chi connectivity index (χ0) is 12.0. The predicted molar refractivity (Wildman–Crippen MR) is 57.6 cm³/mol. The summed E-state index contributed by atoms with van der Waals surface area (Å²) >= 11 is 0. The summed E-state index contributed by atoms with van der Waals surface area (Å²) in [6, 6.07) is 0. The molecule has 1 unspecified atom stereocenters. The van der Waals surface area contributed by atoms with Crippen molar-refractivity contribution in [3.8, 4) is 0 Å². The molecule has 0 spiro atoms. The lowest BCUT2D eigenvalue weighted by atomic mass is 10.1. The fraction of sp³-hybridized carbons (Fsp3) is 0.889.